The van der Waals surface area contributed by atoms with Crippen LogP contribution in [0.4, 0.5) is 0 Å². The number of benzene rings is 1. The molecule has 2 rings (SSSR count). The van der Waals surface area contributed by atoms with Crippen molar-refractivity contribution < 1.29 is 9.53 Å². The first-order chi connectivity index (χ1) is 9.29. The fourth-order valence-electron chi connectivity index (χ4n) is 2.45. The quantitative estimate of drug-likeness (QED) is 0.479. The van der Waals surface area contributed by atoms with Gasteiger partial charge in [-0.15, -0.1) is 0 Å². The van der Waals surface area contributed by atoms with Crippen LogP contribution < -0.4 is 0 Å². The molecular formula is C17H23NO2. The Bertz CT molecular complexity index is 501. The van der Waals surface area contributed by atoms with Gasteiger partial charge in [0, 0.05) is 6.54 Å². The van der Waals surface area contributed by atoms with Gasteiger partial charge in [0.15, 0.2) is 0 Å². The molecule has 0 aliphatic carbocycles. The van der Waals surface area contributed by atoms with E-state index in [0.717, 1.165) is 12.1 Å². The molecule has 0 saturated carbocycles. The maximum atomic E-state index is 12.2. The Morgan fingerprint density at radius 2 is 1.85 bits per heavy atom. The number of nitrogens with zero attached hydrogens (tertiary/aromatic N) is 1. The average Bonchev–Trinajstić information content (AvgIpc) is 3.02. The number of esters is 1. The average molecular weight is 273 g/mol. The van der Waals surface area contributed by atoms with Gasteiger partial charge in [-0.25, -0.2) is 0 Å². The molecule has 0 radical (unpaired) electrons. The molecule has 1 heterocycles. The monoisotopic (exact) mass is 273 g/mol. The lowest BCUT2D eigenvalue weighted by Crippen LogP contribution is -2.28. The topological polar surface area (TPSA) is 29.3 Å². The third kappa shape index (κ3) is 3.48. The lowest BCUT2D eigenvalue weighted by atomic mass is 10.1. The number of carbonyl (C=O) groups excluding carboxylic acids is 1. The zero-order valence-electron chi connectivity index (χ0n) is 12.7. The zero-order chi connectivity index (χ0) is 14.9. The van der Waals surface area contributed by atoms with E-state index in [2.05, 4.69) is 23.6 Å². The molecule has 3 heteroatoms. The molecular weight excluding hydrogens is 250 g/mol. The number of hydrogen-bond acceptors (Lipinski definition) is 3. The standard InChI is InChI=1S/C17H23NO2/c1-12(2)14-15(16(19)20-17(3,4)5)18(14)11-13-9-7-6-8-10-13/h6-10,14-15H,1,11H2,2-5H3/t14-,15+,18?/m1/s1. The van der Waals surface area contributed by atoms with Gasteiger partial charge in [0.05, 0.1) is 6.04 Å². The van der Waals surface area contributed by atoms with Crippen LogP contribution in [0.5, 0.6) is 0 Å². The second-order valence-electron chi connectivity index (χ2n) is 6.43. The molecule has 0 aromatic heterocycles. The van der Waals surface area contributed by atoms with E-state index >= 15 is 0 Å². The molecule has 0 N–H and O–H groups in total. The molecule has 3 atom stereocenters. The summed E-state index contributed by atoms with van der Waals surface area (Å²) in [6, 6.07) is 10.1. The third-order valence-corrected chi connectivity index (χ3v) is 3.29. The highest BCUT2D eigenvalue weighted by molar-refractivity contribution is 5.81. The van der Waals surface area contributed by atoms with Gasteiger partial charge in [-0.05, 0) is 33.3 Å². The molecule has 1 aromatic rings. The maximum Gasteiger partial charge on any atom is 0.325 e. The summed E-state index contributed by atoms with van der Waals surface area (Å²) >= 11 is 0. The van der Waals surface area contributed by atoms with Gasteiger partial charge in [0.25, 0.3) is 0 Å². The van der Waals surface area contributed by atoms with E-state index < -0.39 is 5.60 Å². The normalized spacial score (nSPS) is 25.1. The Hall–Kier alpha value is -1.61. The highest BCUT2D eigenvalue weighted by Gasteiger charge is 2.54. The molecule has 1 saturated heterocycles. The van der Waals surface area contributed by atoms with Crippen molar-refractivity contribution in [1.29, 1.82) is 0 Å². The summed E-state index contributed by atoms with van der Waals surface area (Å²) in [5.41, 5.74) is 1.76. The Morgan fingerprint density at radius 1 is 1.25 bits per heavy atom. The summed E-state index contributed by atoms with van der Waals surface area (Å²) in [5, 5.41) is 0. The first kappa shape index (κ1) is 14.8. The highest BCUT2D eigenvalue weighted by Crippen LogP contribution is 2.36. The van der Waals surface area contributed by atoms with E-state index in [1.54, 1.807) is 0 Å². The van der Waals surface area contributed by atoms with Gasteiger partial charge >= 0.3 is 5.97 Å². The van der Waals surface area contributed by atoms with Crippen LogP contribution in [0.2, 0.25) is 0 Å². The van der Waals surface area contributed by atoms with Crippen molar-refractivity contribution in [3.8, 4) is 0 Å². The summed E-state index contributed by atoms with van der Waals surface area (Å²) in [7, 11) is 0. The Labute approximate surface area is 121 Å². The fraction of sp³-hybridized carbons (Fsp3) is 0.471. The van der Waals surface area contributed by atoms with Crippen molar-refractivity contribution in [2.75, 3.05) is 0 Å². The summed E-state index contributed by atoms with van der Waals surface area (Å²) in [4.78, 5) is 14.4. The molecule has 108 valence electrons. The van der Waals surface area contributed by atoms with Gasteiger partial charge in [-0.1, -0.05) is 42.5 Å². The Morgan fingerprint density at radius 3 is 2.35 bits per heavy atom. The predicted molar refractivity (Wildman–Crippen MR) is 80.2 cm³/mol. The van der Waals surface area contributed by atoms with E-state index in [4.69, 9.17) is 4.74 Å². The van der Waals surface area contributed by atoms with Crippen molar-refractivity contribution in [3.05, 3.63) is 48.0 Å². The maximum absolute atomic E-state index is 12.2. The van der Waals surface area contributed by atoms with Crippen molar-refractivity contribution in [2.24, 2.45) is 0 Å². The van der Waals surface area contributed by atoms with Crippen LogP contribution in [0.25, 0.3) is 0 Å². The number of hydrogen-bond donors (Lipinski definition) is 0. The van der Waals surface area contributed by atoms with Crippen molar-refractivity contribution in [1.82, 2.24) is 4.90 Å². The minimum atomic E-state index is -0.447. The molecule has 1 aliphatic heterocycles. The van der Waals surface area contributed by atoms with Crippen molar-refractivity contribution in [3.63, 3.8) is 0 Å². The van der Waals surface area contributed by atoms with Gasteiger partial charge in [-0.2, -0.15) is 0 Å². The van der Waals surface area contributed by atoms with Crippen LogP contribution in [0.15, 0.2) is 42.5 Å². The van der Waals surface area contributed by atoms with Gasteiger partial charge in [-0.3, -0.25) is 9.69 Å². The van der Waals surface area contributed by atoms with E-state index in [9.17, 15) is 4.79 Å². The number of rotatable bonds is 4. The Kier molecular flexibility index (Phi) is 4.00. The van der Waals surface area contributed by atoms with Gasteiger partial charge in [0.2, 0.25) is 0 Å². The molecule has 1 unspecified atom stereocenters. The molecule has 1 fully saturated rings. The lowest BCUT2D eigenvalue weighted by molar-refractivity contribution is -0.155. The van der Waals surface area contributed by atoms with Crippen molar-refractivity contribution >= 4 is 5.97 Å². The smallest absolute Gasteiger partial charge is 0.325 e. The summed E-state index contributed by atoms with van der Waals surface area (Å²) in [6.07, 6.45) is 0. The summed E-state index contributed by atoms with van der Waals surface area (Å²) in [5.74, 6) is -0.151. The largest absolute Gasteiger partial charge is 0.459 e. The van der Waals surface area contributed by atoms with Crippen LogP contribution in [0.1, 0.15) is 33.3 Å². The first-order valence-corrected chi connectivity index (χ1v) is 6.97. The van der Waals surface area contributed by atoms with Crippen LogP contribution in [-0.4, -0.2) is 28.6 Å². The SMILES string of the molecule is C=C(C)[C@@H]1[C@@H](C(=O)OC(C)(C)C)N1Cc1ccccc1. The van der Waals surface area contributed by atoms with Crippen LogP contribution >= 0.6 is 0 Å². The summed E-state index contributed by atoms with van der Waals surface area (Å²) < 4.78 is 5.49. The minimum absolute atomic E-state index is 0.102. The predicted octanol–water partition coefficient (Wildman–Crippen LogP) is 3.16. The van der Waals surface area contributed by atoms with Crippen LogP contribution in [-0.2, 0) is 16.1 Å². The Balaban J connectivity index is 2.05. The van der Waals surface area contributed by atoms with Crippen LogP contribution in [0, 0.1) is 0 Å². The molecule has 20 heavy (non-hydrogen) atoms. The van der Waals surface area contributed by atoms with Crippen molar-refractivity contribution in [2.45, 2.75) is 51.9 Å². The fourth-order valence-corrected chi connectivity index (χ4v) is 2.45. The van der Waals surface area contributed by atoms with E-state index in [1.165, 1.54) is 5.56 Å². The molecule has 1 aliphatic rings. The first-order valence-electron chi connectivity index (χ1n) is 6.97. The molecule has 0 amide bonds. The van der Waals surface area contributed by atoms with E-state index in [0.29, 0.717) is 0 Å². The highest BCUT2D eigenvalue weighted by atomic mass is 16.6. The van der Waals surface area contributed by atoms with Gasteiger partial charge < -0.3 is 4.74 Å². The molecule has 3 nitrogen and oxygen atoms in total. The summed E-state index contributed by atoms with van der Waals surface area (Å²) in [6.45, 7) is 12.4. The van der Waals surface area contributed by atoms with E-state index in [-0.39, 0.29) is 18.1 Å². The molecule has 0 bridgehead atoms. The minimum Gasteiger partial charge on any atom is -0.459 e. The number of ether oxygens (including phenoxy) is 1. The second-order valence-corrected chi connectivity index (χ2v) is 6.43. The zero-order valence-corrected chi connectivity index (χ0v) is 12.7. The third-order valence-electron chi connectivity index (χ3n) is 3.29. The lowest BCUT2D eigenvalue weighted by Gasteiger charge is -2.19. The second kappa shape index (κ2) is 5.41. The van der Waals surface area contributed by atoms with Gasteiger partial charge in [0.1, 0.15) is 11.6 Å². The van der Waals surface area contributed by atoms with E-state index in [1.807, 2.05) is 45.9 Å². The van der Waals surface area contributed by atoms with Crippen LogP contribution in [0.3, 0.4) is 0 Å². The number of carbonyl (C=O) groups is 1. The molecule has 1 aromatic carbocycles. The molecule has 0 spiro atoms.